The molecule has 0 aromatic heterocycles. The second-order valence-electron chi connectivity index (χ2n) is 7.52. The van der Waals surface area contributed by atoms with Gasteiger partial charge in [0.15, 0.2) is 6.10 Å². The van der Waals surface area contributed by atoms with E-state index >= 15 is 0 Å². The Labute approximate surface area is 189 Å². The number of rotatable bonds is 6. The molecule has 2 N–H and O–H groups in total. The van der Waals surface area contributed by atoms with Gasteiger partial charge in [-0.1, -0.05) is 24.3 Å². The Hall–Kier alpha value is -3.81. The number of hydrogen-bond acceptors (Lipinski definition) is 3. The highest BCUT2D eigenvalue weighted by atomic mass is 19.4. The summed E-state index contributed by atoms with van der Waals surface area (Å²) in [4.78, 5) is 24.9. The van der Waals surface area contributed by atoms with Crippen LogP contribution in [-0.4, -0.2) is 17.9 Å². The fourth-order valence-corrected chi connectivity index (χ4v) is 3.10. The van der Waals surface area contributed by atoms with Crippen LogP contribution in [0.4, 0.5) is 24.5 Å². The number of carbonyl (C=O) groups is 2. The van der Waals surface area contributed by atoms with Crippen LogP contribution in [0.5, 0.6) is 5.75 Å². The van der Waals surface area contributed by atoms with E-state index in [0.717, 1.165) is 17.2 Å². The van der Waals surface area contributed by atoms with E-state index in [2.05, 4.69) is 10.6 Å². The Morgan fingerprint density at radius 2 is 1.48 bits per heavy atom. The molecule has 0 heterocycles. The summed E-state index contributed by atoms with van der Waals surface area (Å²) in [7, 11) is 0. The highest BCUT2D eigenvalue weighted by Crippen LogP contribution is 2.34. The molecule has 0 aliphatic rings. The van der Waals surface area contributed by atoms with E-state index in [0.29, 0.717) is 17.0 Å². The minimum Gasteiger partial charge on any atom is -0.481 e. The van der Waals surface area contributed by atoms with Gasteiger partial charge in [0.05, 0.1) is 11.3 Å². The SMILES string of the molecule is Cc1cccc(NC(=O)c2ccc(OC(C)C(=O)Nc3ccccc3C(F)(F)F)cc2)c1C. The average molecular weight is 456 g/mol. The molecule has 1 atom stereocenters. The second-order valence-corrected chi connectivity index (χ2v) is 7.52. The lowest BCUT2D eigenvalue weighted by Crippen LogP contribution is -2.31. The van der Waals surface area contributed by atoms with Gasteiger partial charge in [0, 0.05) is 11.3 Å². The number of anilines is 2. The van der Waals surface area contributed by atoms with Crippen molar-refractivity contribution in [1.82, 2.24) is 0 Å². The highest BCUT2D eigenvalue weighted by Gasteiger charge is 2.34. The molecule has 0 saturated carbocycles. The third-order valence-electron chi connectivity index (χ3n) is 5.14. The van der Waals surface area contributed by atoms with Crippen LogP contribution in [0, 0.1) is 13.8 Å². The van der Waals surface area contributed by atoms with E-state index in [1.807, 2.05) is 32.0 Å². The zero-order chi connectivity index (χ0) is 24.2. The summed E-state index contributed by atoms with van der Waals surface area (Å²) in [6.07, 6.45) is -5.66. The molecule has 2 amide bonds. The number of benzene rings is 3. The predicted octanol–water partition coefficient (Wildman–Crippen LogP) is 5.98. The molecule has 5 nitrogen and oxygen atoms in total. The molecular weight excluding hydrogens is 433 g/mol. The molecule has 3 aromatic rings. The number of hydrogen-bond donors (Lipinski definition) is 2. The molecule has 8 heteroatoms. The molecule has 3 aromatic carbocycles. The Morgan fingerprint density at radius 3 is 2.15 bits per heavy atom. The second kappa shape index (κ2) is 9.77. The number of amides is 2. The number of alkyl halides is 3. The first-order chi connectivity index (χ1) is 15.6. The van der Waals surface area contributed by atoms with Gasteiger partial charge in [-0.05, 0) is 74.4 Å². The minimum absolute atomic E-state index is 0.296. The Morgan fingerprint density at radius 1 is 0.848 bits per heavy atom. The van der Waals surface area contributed by atoms with Gasteiger partial charge in [0.1, 0.15) is 5.75 Å². The van der Waals surface area contributed by atoms with Crippen molar-refractivity contribution in [1.29, 1.82) is 0 Å². The van der Waals surface area contributed by atoms with Crippen LogP contribution >= 0.6 is 0 Å². The summed E-state index contributed by atoms with van der Waals surface area (Å²) in [5, 5.41) is 5.11. The quantitative estimate of drug-likeness (QED) is 0.480. The lowest BCUT2D eigenvalue weighted by Gasteiger charge is -2.17. The normalized spacial score (nSPS) is 12.1. The van der Waals surface area contributed by atoms with E-state index in [9.17, 15) is 22.8 Å². The third-order valence-corrected chi connectivity index (χ3v) is 5.14. The van der Waals surface area contributed by atoms with E-state index < -0.39 is 23.8 Å². The first kappa shape index (κ1) is 23.8. The Balaban J connectivity index is 1.63. The van der Waals surface area contributed by atoms with Crippen molar-refractivity contribution < 1.29 is 27.5 Å². The summed E-state index contributed by atoms with van der Waals surface area (Å²) in [6.45, 7) is 5.30. The number of ether oxygens (including phenoxy) is 1. The van der Waals surface area contributed by atoms with Gasteiger partial charge in [-0.25, -0.2) is 0 Å². The summed E-state index contributed by atoms with van der Waals surface area (Å²) < 4.78 is 44.9. The maximum atomic E-state index is 13.1. The number of nitrogens with one attached hydrogen (secondary N) is 2. The lowest BCUT2D eigenvalue weighted by atomic mass is 10.1. The summed E-state index contributed by atoms with van der Waals surface area (Å²) in [5.41, 5.74) is 1.84. The lowest BCUT2D eigenvalue weighted by molar-refractivity contribution is -0.137. The van der Waals surface area contributed by atoms with E-state index in [1.165, 1.54) is 37.3 Å². The Kier molecular flexibility index (Phi) is 7.06. The van der Waals surface area contributed by atoms with Gasteiger partial charge in [-0.15, -0.1) is 0 Å². The van der Waals surface area contributed by atoms with Crippen molar-refractivity contribution in [2.45, 2.75) is 33.1 Å². The summed E-state index contributed by atoms with van der Waals surface area (Å²) >= 11 is 0. The van der Waals surface area contributed by atoms with Crippen LogP contribution in [0.15, 0.2) is 66.7 Å². The number of carbonyl (C=O) groups excluding carboxylic acids is 2. The zero-order valence-electron chi connectivity index (χ0n) is 18.3. The van der Waals surface area contributed by atoms with E-state index in [-0.39, 0.29) is 11.6 Å². The van der Waals surface area contributed by atoms with Crippen molar-refractivity contribution in [3.63, 3.8) is 0 Å². The molecule has 0 aliphatic carbocycles. The van der Waals surface area contributed by atoms with Crippen molar-refractivity contribution >= 4 is 23.2 Å². The number of aryl methyl sites for hydroxylation is 1. The fraction of sp³-hybridized carbons (Fsp3) is 0.200. The van der Waals surface area contributed by atoms with Crippen LogP contribution < -0.4 is 15.4 Å². The van der Waals surface area contributed by atoms with E-state index in [4.69, 9.17) is 4.74 Å². The standard InChI is InChI=1S/C25H23F3N2O3/c1-15-7-6-10-21(16(15)2)29-24(32)18-11-13-19(14-12-18)33-17(3)23(31)30-22-9-5-4-8-20(22)25(26,27)28/h4-14,17H,1-3H3,(H,29,32)(H,30,31). The van der Waals surface area contributed by atoms with E-state index in [1.54, 1.807) is 12.1 Å². The van der Waals surface area contributed by atoms with Crippen LogP contribution in [0.1, 0.15) is 34.0 Å². The fourth-order valence-electron chi connectivity index (χ4n) is 3.10. The van der Waals surface area contributed by atoms with Crippen molar-refractivity contribution in [2.75, 3.05) is 10.6 Å². The van der Waals surface area contributed by atoms with Crippen LogP contribution in [0.3, 0.4) is 0 Å². The molecule has 1 unspecified atom stereocenters. The van der Waals surface area contributed by atoms with Crippen LogP contribution in [0.25, 0.3) is 0 Å². The van der Waals surface area contributed by atoms with Crippen LogP contribution in [-0.2, 0) is 11.0 Å². The Bertz CT molecular complexity index is 1160. The van der Waals surface area contributed by atoms with Crippen LogP contribution in [0.2, 0.25) is 0 Å². The third kappa shape index (κ3) is 5.91. The van der Waals surface area contributed by atoms with Crippen molar-refractivity contribution in [3.05, 3.63) is 89.0 Å². The molecule has 0 radical (unpaired) electrons. The summed E-state index contributed by atoms with van der Waals surface area (Å²) in [5.74, 6) is -0.738. The molecule has 0 spiro atoms. The number of para-hydroxylation sites is 1. The maximum Gasteiger partial charge on any atom is 0.418 e. The van der Waals surface area contributed by atoms with Crippen molar-refractivity contribution in [2.24, 2.45) is 0 Å². The molecular formula is C25H23F3N2O3. The molecule has 0 fully saturated rings. The maximum absolute atomic E-state index is 13.1. The van der Waals surface area contributed by atoms with Gasteiger partial charge in [-0.2, -0.15) is 13.2 Å². The minimum atomic E-state index is -4.60. The van der Waals surface area contributed by atoms with Gasteiger partial charge in [0.2, 0.25) is 0 Å². The molecule has 33 heavy (non-hydrogen) atoms. The smallest absolute Gasteiger partial charge is 0.418 e. The average Bonchev–Trinajstić information content (AvgIpc) is 2.77. The molecule has 0 saturated heterocycles. The zero-order valence-corrected chi connectivity index (χ0v) is 18.3. The molecule has 0 bridgehead atoms. The predicted molar refractivity (Wildman–Crippen MR) is 120 cm³/mol. The monoisotopic (exact) mass is 456 g/mol. The van der Waals surface area contributed by atoms with Gasteiger partial charge in [0.25, 0.3) is 11.8 Å². The topological polar surface area (TPSA) is 67.4 Å². The summed E-state index contributed by atoms with van der Waals surface area (Å²) in [6, 6.07) is 16.5. The molecule has 3 rings (SSSR count). The first-order valence-electron chi connectivity index (χ1n) is 10.2. The highest BCUT2D eigenvalue weighted by molar-refractivity contribution is 6.04. The molecule has 172 valence electrons. The van der Waals surface area contributed by atoms with Gasteiger partial charge >= 0.3 is 6.18 Å². The first-order valence-corrected chi connectivity index (χ1v) is 10.2. The van der Waals surface area contributed by atoms with Gasteiger partial charge < -0.3 is 15.4 Å². The molecule has 0 aliphatic heterocycles. The largest absolute Gasteiger partial charge is 0.481 e. The van der Waals surface area contributed by atoms with Crippen molar-refractivity contribution in [3.8, 4) is 5.75 Å². The van der Waals surface area contributed by atoms with Gasteiger partial charge in [-0.3, -0.25) is 9.59 Å². The number of halogens is 3.